The van der Waals surface area contributed by atoms with E-state index in [0.717, 1.165) is 0 Å². The number of anilines is 1. The highest BCUT2D eigenvalue weighted by molar-refractivity contribution is 9.10. The number of ether oxygens (including phenoxy) is 4. The van der Waals surface area contributed by atoms with Crippen LogP contribution in [0.1, 0.15) is 28.9 Å². The molecule has 1 aliphatic heterocycles. The predicted molar refractivity (Wildman–Crippen MR) is 143 cm³/mol. The second kappa shape index (κ2) is 12.5. The highest BCUT2D eigenvalue weighted by Crippen LogP contribution is 2.40. The molecule has 2 unspecified atom stereocenters. The van der Waals surface area contributed by atoms with Gasteiger partial charge in [0.15, 0.2) is 23.2 Å². The highest BCUT2D eigenvalue weighted by Gasteiger charge is 2.38. The van der Waals surface area contributed by atoms with Gasteiger partial charge in [-0.1, -0.05) is 22.5 Å². The molecule has 3 rings (SSSR count). The molecule has 1 amide bonds. The van der Waals surface area contributed by atoms with Gasteiger partial charge < -0.3 is 34.9 Å². The van der Waals surface area contributed by atoms with Crippen LogP contribution in [-0.4, -0.2) is 50.4 Å². The van der Waals surface area contributed by atoms with Crippen LogP contribution in [0, 0.1) is 5.92 Å². The Hall–Kier alpha value is -3.64. The summed E-state index contributed by atoms with van der Waals surface area (Å²) in [4.78, 5) is 36.7. The summed E-state index contributed by atoms with van der Waals surface area (Å²) in [6, 6.07) is 9.04. The fourth-order valence-electron chi connectivity index (χ4n) is 3.65. The molecule has 1 saturated heterocycles. The molecule has 1 heterocycles. The van der Waals surface area contributed by atoms with Crippen LogP contribution in [0.4, 0.5) is 5.69 Å². The number of hydrogen-bond acceptors (Lipinski definition) is 8. The van der Waals surface area contributed by atoms with Gasteiger partial charge in [0.2, 0.25) is 0 Å². The minimum atomic E-state index is -0.759. The van der Waals surface area contributed by atoms with Gasteiger partial charge in [-0.05, 0) is 61.1 Å². The van der Waals surface area contributed by atoms with E-state index in [0.29, 0.717) is 43.6 Å². The van der Waals surface area contributed by atoms with Crippen LogP contribution in [0.2, 0.25) is 0 Å². The molecule has 0 bridgehead atoms. The van der Waals surface area contributed by atoms with Crippen molar-refractivity contribution in [3.63, 3.8) is 0 Å². The van der Waals surface area contributed by atoms with E-state index in [-0.39, 0.29) is 13.2 Å². The van der Waals surface area contributed by atoms with E-state index in [2.05, 4.69) is 38.5 Å². The lowest BCUT2D eigenvalue weighted by molar-refractivity contribution is -0.145. The monoisotopic (exact) mass is 591 g/mol. The topological polar surface area (TPSA) is 124 Å². The molecule has 0 spiro atoms. The first-order valence-electron chi connectivity index (χ1n) is 11.1. The first-order chi connectivity index (χ1) is 17.7. The summed E-state index contributed by atoms with van der Waals surface area (Å²) in [5.74, 6) is -1.46. The molecule has 0 saturated carbocycles. The van der Waals surface area contributed by atoms with Crippen LogP contribution in [-0.2, 0) is 19.1 Å². The number of benzene rings is 2. The maximum absolute atomic E-state index is 12.5. The molecule has 2 aromatic rings. The first-order valence-corrected chi connectivity index (χ1v) is 12.3. The van der Waals surface area contributed by atoms with E-state index >= 15 is 0 Å². The van der Waals surface area contributed by atoms with Crippen molar-refractivity contribution in [1.82, 2.24) is 10.6 Å². The second-order valence-electron chi connectivity index (χ2n) is 7.76. The summed E-state index contributed by atoms with van der Waals surface area (Å²) < 4.78 is 21.7. The Kier molecular flexibility index (Phi) is 9.48. The van der Waals surface area contributed by atoms with Crippen LogP contribution >= 0.6 is 28.1 Å². The molecule has 37 heavy (non-hydrogen) atoms. The third kappa shape index (κ3) is 6.77. The van der Waals surface area contributed by atoms with Gasteiger partial charge in [-0.2, -0.15) is 0 Å². The van der Waals surface area contributed by atoms with Gasteiger partial charge in [-0.3, -0.25) is 9.59 Å². The van der Waals surface area contributed by atoms with E-state index in [1.54, 1.807) is 43.3 Å². The fraction of sp³-hybridized carbons (Fsp3) is 0.280. The van der Waals surface area contributed by atoms with E-state index in [1.165, 1.54) is 14.2 Å². The maximum Gasteiger partial charge on any atom is 0.338 e. The number of esters is 2. The van der Waals surface area contributed by atoms with E-state index in [4.69, 9.17) is 31.2 Å². The van der Waals surface area contributed by atoms with Crippen LogP contribution in [0.25, 0.3) is 0 Å². The van der Waals surface area contributed by atoms with Gasteiger partial charge in [0, 0.05) is 15.9 Å². The predicted octanol–water partition coefficient (Wildman–Crippen LogP) is 3.47. The van der Waals surface area contributed by atoms with Crippen molar-refractivity contribution < 1.29 is 33.3 Å². The number of carbonyl (C=O) groups excluding carboxylic acids is 3. The fourth-order valence-corrected chi connectivity index (χ4v) is 4.48. The second-order valence-corrected chi connectivity index (χ2v) is 9.02. The molecule has 10 nitrogen and oxygen atoms in total. The Morgan fingerprint density at radius 1 is 1.14 bits per heavy atom. The van der Waals surface area contributed by atoms with E-state index in [1.807, 2.05) is 0 Å². The molecule has 196 valence electrons. The number of methoxy groups -OCH3 is 2. The molecule has 3 N–H and O–H groups in total. The summed E-state index contributed by atoms with van der Waals surface area (Å²) in [7, 11) is 2.76. The molecular weight excluding hydrogens is 566 g/mol. The molecular formula is C25H26BrN3O7S. The zero-order valence-corrected chi connectivity index (χ0v) is 22.8. The normalized spacial score (nSPS) is 16.6. The van der Waals surface area contributed by atoms with Crippen molar-refractivity contribution in [1.29, 1.82) is 0 Å². The molecule has 1 aliphatic rings. The molecule has 0 aromatic heterocycles. The van der Waals surface area contributed by atoms with Crippen molar-refractivity contribution in [3.05, 3.63) is 64.3 Å². The summed E-state index contributed by atoms with van der Waals surface area (Å²) in [5, 5.41) is 8.94. The number of nitrogens with one attached hydrogen (secondary N) is 3. The zero-order valence-electron chi connectivity index (χ0n) is 20.4. The zero-order chi connectivity index (χ0) is 27.1. The molecule has 0 aliphatic carbocycles. The van der Waals surface area contributed by atoms with Crippen LogP contribution in [0.5, 0.6) is 11.5 Å². The average Bonchev–Trinajstić information content (AvgIpc) is 2.87. The van der Waals surface area contributed by atoms with Crippen LogP contribution in [0.3, 0.4) is 0 Å². The summed E-state index contributed by atoms with van der Waals surface area (Å²) >= 11 is 8.76. The first kappa shape index (κ1) is 27.9. The number of amides is 1. The summed E-state index contributed by atoms with van der Waals surface area (Å²) in [5.41, 5.74) is 1.93. The van der Waals surface area contributed by atoms with Crippen molar-refractivity contribution in [3.8, 4) is 11.5 Å². The number of carbonyl (C=O) groups is 3. The largest absolute Gasteiger partial charge is 0.493 e. The lowest BCUT2D eigenvalue weighted by Crippen LogP contribution is -2.50. The molecule has 2 atom stereocenters. The Balaban J connectivity index is 1.73. The van der Waals surface area contributed by atoms with Crippen molar-refractivity contribution >= 4 is 56.8 Å². The minimum absolute atomic E-state index is 0.276. The number of rotatable bonds is 9. The Labute approximate surface area is 227 Å². The quantitative estimate of drug-likeness (QED) is 0.295. The standard InChI is InChI=1S/C25H26BrN3O7S/c1-5-35-23(31)14-6-8-15(9-7-14)28-20(30)12-36-19-11-17(26)16(10-18(19)33-3)22-21(24(32)34-4)13(2)27-25(37)29-22/h6-11,21-22H,2,5,12H2,1,3-4H3,(H,28,30)(H2,27,29,37). The Bertz CT molecular complexity index is 1220. The van der Waals surface area contributed by atoms with Crippen LogP contribution < -0.4 is 25.4 Å². The molecule has 1 fully saturated rings. The van der Waals surface area contributed by atoms with Gasteiger partial charge >= 0.3 is 11.9 Å². The van der Waals surface area contributed by atoms with Crippen LogP contribution in [0.15, 0.2) is 53.1 Å². The summed E-state index contributed by atoms with van der Waals surface area (Å²) in [6.45, 7) is 5.60. The Morgan fingerprint density at radius 2 is 1.84 bits per heavy atom. The van der Waals surface area contributed by atoms with Gasteiger partial charge in [-0.15, -0.1) is 0 Å². The van der Waals surface area contributed by atoms with E-state index < -0.39 is 29.8 Å². The SMILES string of the molecule is C=C1NC(=S)NC(c2cc(OC)c(OCC(=O)Nc3ccc(C(=O)OCC)cc3)cc2Br)C1C(=O)OC. The minimum Gasteiger partial charge on any atom is -0.493 e. The van der Waals surface area contributed by atoms with Gasteiger partial charge in [0.1, 0.15) is 5.92 Å². The summed E-state index contributed by atoms with van der Waals surface area (Å²) in [6.07, 6.45) is 0. The van der Waals surface area contributed by atoms with Crippen molar-refractivity contribution in [2.75, 3.05) is 32.8 Å². The molecule has 12 heteroatoms. The molecule has 0 radical (unpaired) electrons. The molecule has 2 aromatic carbocycles. The number of thiocarbonyl (C=S) groups is 1. The third-order valence-electron chi connectivity index (χ3n) is 5.38. The Morgan fingerprint density at radius 3 is 2.46 bits per heavy atom. The van der Waals surface area contributed by atoms with Gasteiger partial charge in [-0.25, -0.2) is 4.79 Å². The van der Waals surface area contributed by atoms with Gasteiger partial charge in [0.25, 0.3) is 5.91 Å². The lowest BCUT2D eigenvalue weighted by Gasteiger charge is -2.35. The van der Waals surface area contributed by atoms with E-state index in [9.17, 15) is 14.4 Å². The highest BCUT2D eigenvalue weighted by atomic mass is 79.9. The number of halogens is 1. The number of hydrogen-bond donors (Lipinski definition) is 3. The maximum atomic E-state index is 12.5. The third-order valence-corrected chi connectivity index (χ3v) is 6.29. The van der Waals surface area contributed by atoms with Crippen molar-refractivity contribution in [2.24, 2.45) is 5.92 Å². The van der Waals surface area contributed by atoms with Gasteiger partial charge in [0.05, 0.1) is 32.4 Å². The smallest absolute Gasteiger partial charge is 0.338 e. The average molecular weight is 592 g/mol. The lowest BCUT2D eigenvalue weighted by atomic mass is 9.89. The van der Waals surface area contributed by atoms with Crippen molar-refractivity contribution in [2.45, 2.75) is 13.0 Å².